The molecule has 1 aliphatic heterocycles. The third-order valence-electron chi connectivity index (χ3n) is 3.77. The van der Waals surface area contributed by atoms with E-state index in [4.69, 9.17) is 4.74 Å². The molecule has 0 saturated heterocycles. The van der Waals surface area contributed by atoms with Crippen LogP contribution in [0, 0.1) is 0 Å². The zero-order valence-corrected chi connectivity index (χ0v) is 12.3. The van der Waals surface area contributed by atoms with Gasteiger partial charge in [0.25, 0.3) is 0 Å². The molecule has 1 heterocycles. The summed E-state index contributed by atoms with van der Waals surface area (Å²) in [5, 5.41) is 0. The van der Waals surface area contributed by atoms with Crippen LogP contribution in [0.25, 0.3) is 5.57 Å². The Balaban J connectivity index is 2.70. The van der Waals surface area contributed by atoms with Crippen molar-refractivity contribution in [2.75, 3.05) is 18.6 Å². The molecule has 0 fully saturated rings. The summed E-state index contributed by atoms with van der Waals surface area (Å²) in [6, 6.07) is 3.89. The molecule has 0 atom stereocenters. The van der Waals surface area contributed by atoms with E-state index in [-0.39, 0.29) is 5.54 Å². The molecule has 1 aromatic rings. The van der Waals surface area contributed by atoms with Gasteiger partial charge in [-0.3, -0.25) is 4.79 Å². The molecule has 0 aromatic heterocycles. The fourth-order valence-corrected chi connectivity index (χ4v) is 2.97. The number of fused-ring (bicyclic) bond motifs is 1. The Labute approximate surface area is 114 Å². The van der Waals surface area contributed by atoms with Gasteiger partial charge in [-0.1, -0.05) is 6.08 Å². The first kappa shape index (κ1) is 13.7. The van der Waals surface area contributed by atoms with E-state index < -0.39 is 0 Å². The van der Waals surface area contributed by atoms with Gasteiger partial charge in [-0.05, 0) is 39.3 Å². The van der Waals surface area contributed by atoms with E-state index in [0.29, 0.717) is 11.3 Å². The average molecular weight is 259 g/mol. The molecular weight excluding hydrogens is 238 g/mol. The SMILES string of the molecule is CCN1c2cc(OC)c(C=O)cc2C(C)=CC1(C)C. The number of likely N-dealkylation sites (N-methyl/N-ethyl adjacent to an activating group) is 1. The maximum absolute atomic E-state index is 11.1. The molecule has 0 amide bonds. The largest absolute Gasteiger partial charge is 0.496 e. The van der Waals surface area contributed by atoms with E-state index in [2.05, 4.69) is 38.7 Å². The van der Waals surface area contributed by atoms with Gasteiger partial charge >= 0.3 is 0 Å². The van der Waals surface area contributed by atoms with Crippen LogP contribution in [-0.2, 0) is 0 Å². The minimum atomic E-state index is -0.0282. The molecule has 19 heavy (non-hydrogen) atoms. The molecule has 3 heteroatoms. The maximum Gasteiger partial charge on any atom is 0.153 e. The lowest BCUT2D eigenvalue weighted by Crippen LogP contribution is -2.44. The molecule has 0 aliphatic carbocycles. The number of ether oxygens (including phenoxy) is 1. The molecule has 3 nitrogen and oxygen atoms in total. The highest BCUT2D eigenvalue weighted by atomic mass is 16.5. The Hall–Kier alpha value is -1.77. The number of rotatable bonds is 3. The van der Waals surface area contributed by atoms with E-state index in [0.717, 1.165) is 24.1 Å². The van der Waals surface area contributed by atoms with Crippen LogP contribution in [0.15, 0.2) is 18.2 Å². The zero-order valence-electron chi connectivity index (χ0n) is 12.3. The van der Waals surface area contributed by atoms with Crippen molar-refractivity contribution in [1.82, 2.24) is 0 Å². The van der Waals surface area contributed by atoms with Crippen molar-refractivity contribution >= 4 is 17.5 Å². The minimum absolute atomic E-state index is 0.0282. The molecule has 1 aromatic carbocycles. The number of carbonyl (C=O) groups excluding carboxylic acids is 1. The normalized spacial score (nSPS) is 16.7. The highest BCUT2D eigenvalue weighted by Crippen LogP contribution is 2.41. The van der Waals surface area contributed by atoms with Crippen molar-refractivity contribution in [3.8, 4) is 5.75 Å². The summed E-state index contributed by atoms with van der Waals surface area (Å²) in [5.74, 6) is 0.637. The smallest absolute Gasteiger partial charge is 0.153 e. The second-order valence-electron chi connectivity index (χ2n) is 5.45. The monoisotopic (exact) mass is 259 g/mol. The highest BCUT2D eigenvalue weighted by molar-refractivity contribution is 5.89. The number of hydrogen-bond donors (Lipinski definition) is 0. The van der Waals surface area contributed by atoms with Crippen LogP contribution in [0.2, 0.25) is 0 Å². The van der Waals surface area contributed by atoms with Crippen LogP contribution in [0.1, 0.15) is 43.6 Å². The average Bonchev–Trinajstić information content (AvgIpc) is 2.36. The number of nitrogens with zero attached hydrogens (tertiary/aromatic N) is 1. The topological polar surface area (TPSA) is 29.5 Å². The van der Waals surface area contributed by atoms with Gasteiger partial charge in [0.1, 0.15) is 5.75 Å². The fourth-order valence-electron chi connectivity index (χ4n) is 2.97. The molecule has 0 saturated carbocycles. The Morgan fingerprint density at radius 1 is 1.37 bits per heavy atom. The molecule has 0 unspecified atom stereocenters. The third kappa shape index (κ3) is 2.14. The molecule has 1 aliphatic rings. The summed E-state index contributed by atoms with van der Waals surface area (Å²) in [4.78, 5) is 13.5. The predicted octanol–water partition coefficient (Wildman–Crippen LogP) is 3.53. The van der Waals surface area contributed by atoms with Gasteiger partial charge in [0, 0.05) is 23.9 Å². The quantitative estimate of drug-likeness (QED) is 0.778. The van der Waals surface area contributed by atoms with Crippen LogP contribution in [-0.4, -0.2) is 25.5 Å². The number of anilines is 1. The van der Waals surface area contributed by atoms with Crippen molar-refractivity contribution in [3.05, 3.63) is 29.3 Å². The lowest BCUT2D eigenvalue weighted by Gasteiger charge is -2.43. The van der Waals surface area contributed by atoms with Gasteiger partial charge in [0.2, 0.25) is 0 Å². The van der Waals surface area contributed by atoms with E-state index in [1.54, 1.807) is 7.11 Å². The molecule has 0 bridgehead atoms. The van der Waals surface area contributed by atoms with Gasteiger partial charge in [-0.2, -0.15) is 0 Å². The second-order valence-corrected chi connectivity index (χ2v) is 5.45. The Morgan fingerprint density at radius 2 is 2.05 bits per heavy atom. The molecule has 0 radical (unpaired) electrons. The molecule has 2 rings (SSSR count). The summed E-state index contributed by atoms with van der Waals surface area (Å²) >= 11 is 0. The van der Waals surface area contributed by atoms with Gasteiger partial charge in [0.15, 0.2) is 6.29 Å². The number of methoxy groups -OCH3 is 1. The van der Waals surface area contributed by atoms with Crippen LogP contribution in [0.4, 0.5) is 5.69 Å². The maximum atomic E-state index is 11.1. The number of carbonyl (C=O) groups is 1. The molecular formula is C16H21NO2. The van der Waals surface area contributed by atoms with Crippen LogP contribution in [0.5, 0.6) is 5.75 Å². The minimum Gasteiger partial charge on any atom is -0.496 e. The van der Waals surface area contributed by atoms with Gasteiger partial charge < -0.3 is 9.64 Å². The molecule has 102 valence electrons. The van der Waals surface area contributed by atoms with Crippen molar-refractivity contribution < 1.29 is 9.53 Å². The van der Waals surface area contributed by atoms with E-state index in [1.165, 1.54) is 5.57 Å². The first-order chi connectivity index (χ1) is 8.94. The standard InChI is InChI=1S/C16H21NO2/c1-6-17-14-8-15(19-5)12(10-18)7-13(14)11(2)9-16(17,3)4/h7-10H,6H2,1-5H3. The lowest BCUT2D eigenvalue weighted by atomic mass is 9.88. The summed E-state index contributed by atoms with van der Waals surface area (Å²) in [5.41, 5.74) is 4.03. The Bertz CT molecular complexity index is 544. The summed E-state index contributed by atoms with van der Waals surface area (Å²) < 4.78 is 5.32. The number of hydrogen-bond acceptors (Lipinski definition) is 3. The first-order valence-electron chi connectivity index (χ1n) is 6.59. The molecule has 0 spiro atoms. The summed E-state index contributed by atoms with van der Waals surface area (Å²) in [6.45, 7) is 9.54. The van der Waals surface area contributed by atoms with Gasteiger partial charge in [0.05, 0.1) is 18.2 Å². The lowest BCUT2D eigenvalue weighted by molar-refractivity contribution is 0.112. The zero-order chi connectivity index (χ0) is 14.2. The van der Waals surface area contributed by atoms with Crippen LogP contribution in [0.3, 0.4) is 0 Å². The second kappa shape index (κ2) is 4.72. The highest BCUT2D eigenvalue weighted by Gasteiger charge is 2.31. The van der Waals surface area contributed by atoms with Crippen molar-refractivity contribution in [2.24, 2.45) is 0 Å². The van der Waals surface area contributed by atoms with E-state index in [9.17, 15) is 4.79 Å². The summed E-state index contributed by atoms with van der Waals surface area (Å²) in [6.07, 6.45) is 3.10. The summed E-state index contributed by atoms with van der Waals surface area (Å²) in [7, 11) is 1.60. The fraction of sp³-hybridized carbons (Fsp3) is 0.438. The van der Waals surface area contributed by atoms with E-state index in [1.807, 2.05) is 12.1 Å². The Morgan fingerprint density at radius 3 is 2.58 bits per heavy atom. The number of aldehydes is 1. The van der Waals surface area contributed by atoms with Gasteiger partial charge in [-0.25, -0.2) is 0 Å². The van der Waals surface area contributed by atoms with Crippen molar-refractivity contribution in [3.63, 3.8) is 0 Å². The first-order valence-corrected chi connectivity index (χ1v) is 6.59. The van der Waals surface area contributed by atoms with E-state index >= 15 is 0 Å². The van der Waals surface area contributed by atoms with Crippen molar-refractivity contribution in [2.45, 2.75) is 33.2 Å². The van der Waals surface area contributed by atoms with Gasteiger partial charge in [-0.15, -0.1) is 0 Å². The number of allylic oxidation sites excluding steroid dienone is 1. The molecule has 0 N–H and O–H groups in total. The van der Waals surface area contributed by atoms with Crippen LogP contribution >= 0.6 is 0 Å². The van der Waals surface area contributed by atoms with Crippen LogP contribution < -0.4 is 9.64 Å². The Kier molecular flexibility index (Phi) is 3.40. The van der Waals surface area contributed by atoms with Crippen molar-refractivity contribution in [1.29, 1.82) is 0 Å². The number of benzene rings is 1. The third-order valence-corrected chi connectivity index (χ3v) is 3.77. The predicted molar refractivity (Wildman–Crippen MR) is 79.1 cm³/mol.